The van der Waals surface area contributed by atoms with Gasteiger partial charge in [-0.15, -0.1) is 0 Å². The highest BCUT2D eigenvalue weighted by atomic mass is 32.2. The topological polar surface area (TPSA) is 49.8 Å². The third-order valence-electron chi connectivity index (χ3n) is 2.22. The normalized spacial score (nSPS) is 12.0. The summed E-state index contributed by atoms with van der Waals surface area (Å²) in [5.41, 5.74) is 7.69. The van der Waals surface area contributed by atoms with Crippen LogP contribution in [0.25, 0.3) is 0 Å². The maximum Gasteiger partial charge on any atom is 0.133 e. The molecule has 0 aromatic heterocycles. The number of hydrogen-bond acceptors (Lipinski definition) is 3. The van der Waals surface area contributed by atoms with E-state index in [1.165, 1.54) is 17.3 Å². The van der Waals surface area contributed by atoms with Gasteiger partial charge in [-0.3, -0.25) is 0 Å². The maximum atomic E-state index is 8.38. The standard InChI is InChI=1S/C11H14N2S/c1-9(6-7-14-8-12)10-2-4-11(13)5-3-10/h2-5,9H,6-7,13H2,1H3. The Morgan fingerprint density at radius 1 is 1.43 bits per heavy atom. The molecule has 0 aliphatic carbocycles. The van der Waals surface area contributed by atoms with Gasteiger partial charge < -0.3 is 5.73 Å². The highest BCUT2D eigenvalue weighted by molar-refractivity contribution is 8.03. The fourth-order valence-electron chi connectivity index (χ4n) is 1.27. The van der Waals surface area contributed by atoms with E-state index in [1.807, 2.05) is 12.1 Å². The third kappa shape index (κ3) is 3.31. The Hall–Kier alpha value is -1.14. The number of nitrogens with two attached hydrogens (primary N) is 1. The van der Waals surface area contributed by atoms with Crippen molar-refractivity contribution < 1.29 is 0 Å². The van der Waals surface area contributed by atoms with Gasteiger partial charge in [0.05, 0.1) is 0 Å². The highest BCUT2D eigenvalue weighted by Gasteiger charge is 2.04. The van der Waals surface area contributed by atoms with Crippen LogP contribution in [0.4, 0.5) is 5.69 Å². The Balaban J connectivity index is 2.48. The number of hydrogen-bond donors (Lipinski definition) is 1. The van der Waals surface area contributed by atoms with Crippen LogP contribution in [0.3, 0.4) is 0 Å². The first kappa shape index (κ1) is 10.9. The number of nitrogens with zero attached hydrogens (tertiary/aromatic N) is 1. The van der Waals surface area contributed by atoms with E-state index in [9.17, 15) is 0 Å². The first-order valence-electron chi connectivity index (χ1n) is 4.60. The van der Waals surface area contributed by atoms with E-state index in [0.717, 1.165) is 17.9 Å². The largest absolute Gasteiger partial charge is 0.399 e. The van der Waals surface area contributed by atoms with Gasteiger partial charge in [0.2, 0.25) is 0 Å². The van der Waals surface area contributed by atoms with Gasteiger partial charge in [-0.1, -0.05) is 19.1 Å². The molecule has 0 fully saturated rings. The molecule has 1 atom stereocenters. The zero-order chi connectivity index (χ0) is 10.4. The molecule has 14 heavy (non-hydrogen) atoms. The van der Waals surface area contributed by atoms with Crippen LogP contribution in [0, 0.1) is 10.7 Å². The lowest BCUT2D eigenvalue weighted by Crippen LogP contribution is -1.95. The number of nitrogen functional groups attached to an aromatic ring is 1. The second kappa shape index (κ2) is 5.56. The molecular formula is C11H14N2S. The SMILES string of the molecule is CC(CCSC#N)c1ccc(N)cc1. The molecule has 0 aliphatic heterocycles. The van der Waals surface area contributed by atoms with Crippen molar-refractivity contribution in [2.75, 3.05) is 11.5 Å². The lowest BCUT2D eigenvalue weighted by atomic mass is 9.99. The summed E-state index contributed by atoms with van der Waals surface area (Å²) < 4.78 is 0. The molecule has 0 spiro atoms. The first-order chi connectivity index (χ1) is 6.74. The molecule has 1 rings (SSSR count). The number of thiocyanates is 1. The van der Waals surface area contributed by atoms with E-state index in [1.54, 1.807) is 0 Å². The van der Waals surface area contributed by atoms with Gasteiger partial charge >= 0.3 is 0 Å². The van der Waals surface area contributed by atoms with E-state index in [4.69, 9.17) is 11.0 Å². The average Bonchev–Trinajstić information content (AvgIpc) is 2.19. The van der Waals surface area contributed by atoms with Crippen molar-refractivity contribution in [3.8, 4) is 5.40 Å². The van der Waals surface area contributed by atoms with Gasteiger partial charge in [0.15, 0.2) is 0 Å². The molecule has 0 saturated carbocycles. The Labute approximate surface area is 89.1 Å². The van der Waals surface area contributed by atoms with Crippen LogP contribution in [-0.4, -0.2) is 5.75 Å². The number of benzene rings is 1. The molecule has 0 aliphatic rings. The summed E-state index contributed by atoms with van der Waals surface area (Å²) >= 11 is 1.32. The number of anilines is 1. The monoisotopic (exact) mass is 206 g/mol. The molecular weight excluding hydrogens is 192 g/mol. The maximum absolute atomic E-state index is 8.38. The lowest BCUT2D eigenvalue weighted by Gasteiger charge is -2.10. The third-order valence-corrected chi connectivity index (χ3v) is 2.79. The highest BCUT2D eigenvalue weighted by Crippen LogP contribution is 2.21. The molecule has 1 unspecified atom stereocenters. The lowest BCUT2D eigenvalue weighted by molar-refractivity contribution is 0.742. The van der Waals surface area contributed by atoms with Crippen molar-refractivity contribution in [3.05, 3.63) is 29.8 Å². The van der Waals surface area contributed by atoms with Crippen LogP contribution in [-0.2, 0) is 0 Å². The van der Waals surface area contributed by atoms with Gasteiger partial charge in [0.1, 0.15) is 5.40 Å². The van der Waals surface area contributed by atoms with Crippen molar-refractivity contribution in [1.29, 1.82) is 5.26 Å². The Kier molecular flexibility index (Phi) is 4.34. The zero-order valence-electron chi connectivity index (χ0n) is 8.23. The smallest absolute Gasteiger partial charge is 0.133 e. The van der Waals surface area contributed by atoms with Gasteiger partial charge in [-0.05, 0) is 41.8 Å². The molecule has 0 heterocycles. The minimum absolute atomic E-state index is 0.497. The van der Waals surface area contributed by atoms with E-state index < -0.39 is 0 Å². The van der Waals surface area contributed by atoms with Gasteiger partial charge in [0, 0.05) is 11.4 Å². The molecule has 3 heteroatoms. The average molecular weight is 206 g/mol. The summed E-state index contributed by atoms with van der Waals surface area (Å²) in [6.45, 7) is 2.17. The summed E-state index contributed by atoms with van der Waals surface area (Å²) in [4.78, 5) is 0. The van der Waals surface area contributed by atoms with E-state index in [-0.39, 0.29) is 0 Å². The summed E-state index contributed by atoms with van der Waals surface area (Å²) in [6.07, 6.45) is 1.03. The fourth-order valence-corrected chi connectivity index (χ4v) is 1.84. The second-order valence-corrected chi connectivity index (χ2v) is 4.18. The van der Waals surface area contributed by atoms with Gasteiger partial charge in [-0.25, -0.2) is 0 Å². The molecule has 2 nitrogen and oxygen atoms in total. The van der Waals surface area contributed by atoms with Gasteiger partial charge in [-0.2, -0.15) is 5.26 Å². The molecule has 74 valence electrons. The Bertz CT molecular complexity index is 313. The van der Waals surface area contributed by atoms with E-state index >= 15 is 0 Å². The molecule has 0 amide bonds. The molecule has 0 saturated heterocycles. The molecule has 0 bridgehead atoms. The van der Waals surface area contributed by atoms with Crippen molar-refractivity contribution in [2.45, 2.75) is 19.3 Å². The molecule has 1 aromatic carbocycles. The van der Waals surface area contributed by atoms with Crippen LogP contribution in [0.1, 0.15) is 24.8 Å². The number of rotatable bonds is 4. The van der Waals surface area contributed by atoms with Crippen LogP contribution < -0.4 is 5.73 Å². The molecule has 0 radical (unpaired) electrons. The van der Waals surface area contributed by atoms with Crippen molar-refractivity contribution in [1.82, 2.24) is 0 Å². The zero-order valence-corrected chi connectivity index (χ0v) is 9.05. The Morgan fingerprint density at radius 3 is 2.64 bits per heavy atom. The molecule has 2 N–H and O–H groups in total. The van der Waals surface area contributed by atoms with Crippen LogP contribution in [0.5, 0.6) is 0 Å². The van der Waals surface area contributed by atoms with E-state index in [2.05, 4.69) is 24.5 Å². The molecule has 1 aromatic rings. The summed E-state index contributed by atoms with van der Waals surface area (Å²) in [7, 11) is 0. The van der Waals surface area contributed by atoms with E-state index in [0.29, 0.717) is 5.92 Å². The number of nitriles is 1. The minimum Gasteiger partial charge on any atom is -0.399 e. The summed E-state index contributed by atoms with van der Waals surface area (Å²) in [5, 5.41) is 10.5. The fraction of sp³-hybridized carbons (Fsp3) is 0.364. The quantitative estimate of drug-likeness (QED) is 0.468. The summed E-state index contributed by atoms with van der Waals surface area (Å²) in [5.74, 6) is 1.39. The second-order valence-electron chi connectivity index (χ2n) is 3.30. The predicted molar refractivity (Wildman–Crippen MR) is 62.0 cm³/mol. The van der Waals surface area contributed by atoms with Crippen molar-refractivity contribution in [3.63, 3.8) is 0 Å². The Morgan fingerprint density at radius 2 is 2.07 bits per heavy atom. The minimum atomic E-state index is 0.497. The van der Waals surface area contributed by atoms with Crippen LogP contribution >= 0.6 is 11.8 Å². The number of thioether (sulfide) groups is 1. The van der Waals surface area contributed by atoms with Crippen LogP contribution in [0.2, 0.25) is 0 Å². The first-order valence-corrected chi connectivity index (χ1v) is 5.59. The van der Waals surface area contributed by atoms with Crippen molar-refractivity contribution in [2.24, 2.45) is 0 Å². The van der Waals surface area contributed by atoms with Crippen molar-refractivity contribution >= 4 is 17.4 Å². The van der Waals surface area contributed by atoms with Gasteiger partial charge in [0.25, 0.3) is 0 Å². The van der Waals surface area contributed by atoms with Crippen LogP contribution in [0.15, 0.2) is 24.3 Å². The summed E-state index contributed by atoms with van der Waals surface area (Å²) in [6, 6.07) is 7.95. The predicted octanol–water partition coefficient (Wildman–Crippen LogP) is 2.98.